The fourth-order valence-corrected chi connectivity index (χ4v) is 6.48. The maximum absolute atomic E-state index is 6.05. The molecule has 150 valence electrons. The zero-order valence-corrected chi connectivity index (χ0v) is 17.0. The number of hydrogen-bond acceptors (Lipinski definition) is 2. The summed E-state index contributed by atoms with van der Waals surface area (Å²) in [5.41, 5.74) is 6.20. The van der Waals surface area contributed by atoms with Gasteiger partial charge in [0.15, 0.2) is 5.79 Å². The van der Waals surface area contributed by atoms with Gasteiger partial charge in [0.2, 0.25) is 0 Å². The molecule has 3 aliphatic rings. The van der Waals surface area contributed by atoms with Crippen molar-refractivity contribution in [3.63, 3.8) is 0 Å². The van der Waals surface area contributed by atoms with Crippen molar-refractivity contribution >= 4 is 10.9 Å². The molecule has 2 heterocycles. The highest BCUT2D eigenvalue weighted by atomic mass is 16.7. The van der Waals surface area contributed by atoms with E-state index < -0.39 is 0 Å². The minimum Gasteiger partial charge on any atom is -0.361 e. The van der Waals surface area contributed by atoms with E-state index in [1.807, 2.05) is 0 Å². The van der Waals surface area contributed by atoms with Gasteiger partial charge in [-0.15, -0.1) is 0 Å². The summed E-state index contributed by atoms with van der Waals surface area (Å²) in [4.78, 5) is 3.36. The van der Waals surface area contributed by atoms with Gasteiger partial charge >= 0.3 is 0 Å². The largest absolute Gasteiger partial charge is 0.361 e. The smallest absolute Gasteiger partial charge is 0.168 e. The topological polar surface area (TPSA) is 34.2 Å². The van der Waals surface area contributed by atoms with Crippen molar-refractivity contribution in [2.45, 2.75) is 56.1 Å². The molecule has 1 saturated heterocycles. The van der Waals surface area contributed by atoms with Gasteiger partial charge in [-0.25, -0.2) is 0 Å². The number of benzene rings is 2. The van der Waals surface area contributed by atoms with Crippen LogP contribution < -0.4 is 0 Å². The van der Waals surface area contributed by atoms with Crippen molar-refractivity contribution in [1.29, 1.82) is 0 Å². The molecule has 3 nitrogen and oxygen atoms in total. The fourth-order valence-electron chi connectivity index (χ4n) is 6.48. The van der Waals surface area contributed by atoms with E-state index in [0.717, 1.165) is 32.5 Å². The summed E-state index contributed by atoms with van der Waals surface area (Å²) in [5, 5.41) is 1.38. The van der Waals surface area contributed by atoms with Crippen molar-refractivity contribution < 1.29 is 9.47 Å². The molecule has 2 aromatic carbocycles. The van der Waals surface area contributed by atoms with Crippen LogP contribution in [0.25, 0.3) is 10.9 Å². The number of rotatable bonds is 3. The highest BCUT2D eigenvalue weighted by Gasteiger charge is 2.52. The van der Waals surface area contributed by atoms with E-state index in [9.17, 15) is 0 Å². The Labute approximate surface area is 172 Å². The third kappa shape index (κ3) is 2.78. The van der Waals surface area contributed by atoms with Crippen molar-refractivity contribution in [3.05, 3.63) is 71.4 Å². The molecule has 1 aliphatic heterocycles. The van der Waals surface area contributed by atoms with E-state index >= 15 is 0 Å². The van der Waals surface area contributed by atoms with Gasteiger partial charge in [-0.05, 0) is 72.3 Å². The van der Waals surface area contributed by atoms with E-state index in [4.69, 9.17) is 9.47 Å². The molecule has 2 aliphatic carbocycles. The Morgan fingerprint density at radius 3 is 2.59 bits per heavy atom. The maximum Gasteiger partial charge on any atom is 0.168 e. The standard InChI is InChI=1S/C26H29NO2/c1-2-6-23-20(4-1)18-21(9-8-19-5-3-7-24-22(19)10-15-27-24)25(23)11-13-26(14-12-25)28-16-17-29-26/h1-7,10,15,21,27H,8-9,11-14,16-18H2. The number of hydrogen-bond donors (Lipinski definition) is 1. The molecule has 0 radical (unpaired) electrons. The van der Waals surface area contributed by atoms with E-state index in [1.54, 1.807) is 11.1 Å². The molecule has 1 saturated carbocycles. The highest BCUT2D eigenvalue weighted by molar-refractivity contribution is 5.82. The summed E-state index contributed by atoms with van der Waals surface area (Å²) < 4.78 is 12.1. The third-order valence-electron chi connectivity index (χ3n) is 7.97. The van der Waals surface area contributed by atoms with E-state index in [2.05, 4.69) is 59.7 Å². The molecule has 1 N–H and O–H groups in total. The van der Waals surface area contributed by atoms with Crippen molar-refractivity contribution in [2.24, 2.45) is 5.92 Å². The van der Waals surface area contributed by atoms with Crippen LogP contribution in [0.1, 0.15) is 48.8 Å². The Bertz CT molecular complexity index is 1020. The average molecular weight is 388 g/mol. The predicted octanol–water partition coefficient (Wildman–Crippen LogP) is 5.53. The molecule has 2 fully saturated rings. The molecule has 1 aromatic heterocycles. The second-order valence-corrected chi connectivity index (χ2v) is 9.22. The van der Waals surface area contributed by atoms with Gasteiger partial charge in [-0.2, -0.15) is 0 Å². The predicted molar refractivity (Wildman–Crippen MR) is 115 cm³/mol. The normalized spacial score (nSPS) is 24.5. The number of nitrogens with one attached hydrogen (secondary N) is 1. The lowest BCUT2D eigenvalue weighted by atomic mass is 9.62. The highest BCUT2D eigenvalue weighted by Crippen LogP contribution is 2.56. The fraction of sp³-hybridized carbons (Fsp3) is 0.462. The van der Waals surface area contributed by atoms with Crippen LogP contribution in [0, 0.1) is 5.92 Å². The number of aromatic amines is 1. The van der Waals surface area contributed by atoms with Crippen LogP contribution in [0.4, 0.5) is 0 Å². The third-order valence-corrected chi connectivity index (χ3v) is 7.97. The first-order valence-corrected chi connectivity index (χ1v) is 11.2. The molecule has 3 heteroatoms. The van der Waals surface area contributed by atoms with Crippen molar-refractivity contribution in [2.75, 3.05) is 13.2 Å². The van der Waals surface area contributed by atoms with E-state index in [0.29, 0.717) is 11.3 Å². The zero-order chi connectivity index (χ0) is 19.3. The lowest BCUT2D eigenvalue weighted by Crippen LogP contribution is -2.44. The summed E-state index contributed by atoms with van der Waals surface area (Å²) in [6.07, 6.45) is 10.1. The van der Waals surface area contributed by atoms with Crippen LogP contribution in [0.3, 0.4) is 0 Å². The molecule has 0 amide bonds. The van der Waals surface area contributed by atoms with Crippen LogP contribution in [-0.2, 0) is 27.7 Å². The summed E-state index contributed by atoms with van der Waals surface area (Å²) >= 11 is 0. The van der Waals surface area contributed by atoms with Crippen LogP contribution in [-0.4, -0.2) is 24.0 Å². The van der Waals surface area contributed by atoms with Gasteiger partial charge in [-0.3, -0.25) is 0 Å². The van der Waals surface area contributed by atoms with Gasteiger partial charge < -0.3 is 14.5 Å². The first-order chi connectivity index (χ1) is 14.3. The Balaban J connectivity index is 1.29. The van der Waals surface area contributed by atoms with Gasteiger partial charge in [0.05, 0.1) is 13.2 Å². The van der Waals surface area contributed by atoms with Gasteiger partial charge in [0.1, 0.15) is 0 Å². The zero-order valence-electron chi connectivity index (χ0n) is 17.0. The quantitative estimate of drug-likeness (QED) is 0.641. The Morgan fingerprint density at radius 2 is 1.72 bits per heavy atom. The lowest BCUT2D eigenvalue weighted by molar-refractivity contribution is -0.187. The summed E-state index contributed by atoms with van der Waals surface area (Å²) in [5.74, 6) is 0.414. The first kappa shape index (κ1) is 17.7. The Morgan fingerprint density at radius 1 is 0.897 bits per heavy atom. The summed E-state index contributed by atoms with van der Waals surface area (Å²) in [6, 6.07) is 18.1. The van der Waals surface area contributed by atoms with Crippen LogP contribution >= 0.6 is 0 Å². The number of aromatic nitrogens is 1. The van der Waals surface area contributed by atoms with Crippen LogP contribution in [0.2, 0.25) is 0 Å². The number of H-pyrrole nitrogens is 1. The van der Waals surface area contributed by atoms with Crippen LogP contribution in [0.15, 0.2) is 54.7 Å². The van der Waals surface area contributed by atoms with Crippen LogP contribution in [0.5, 0.6) is 0 Å². The molecule has 0 bridgehead atoms. The lowest BCUT2D eigenvalue weighted by Gasteiger charge is -2.45. The minimum atomic E-state index is -0.288. The van der Waals surface area contributed by atoms with Crippen molar-refractivity contribution in [1.82, 2.24) is 4.98 Å². The molecule has 29 heavy (non-hydrogen) atoms. The Hall–Kier alpha value is -2.10. The molecule has 1 atom stereocenters. The van der Waals surface area contributed by atoms with Crippen molar-refractivity contribution in [3.8, 4) is 0 Å². The second kappa shape index (κ2) is 6.72. The minimum absolute atomic E-state index is 0.288. The average Bonchev–Trinajstić information content (AvgIpc) is 3.48. The second-order valence-electron chi connectivity index (χ2n) is 9.22. The van der Waals surface area contributed by atoms with Gasteiger partial charge in [-0.1, -0.05) is 36.4 Å². The number of ether oxygens (including phenoxy) is 2. The first-order valence-electron chi connectivity index (χ1n) is 11.2. The summed E-state index contributed by atoms with van der Waals surface area (Å²) in [7, 11) is 0. The molecule has 3 aromatic rings. The molecule has 1 unspecified atom stereocenters. The SMILES string of the molecule is c1ccc2c(c1)CC(CCc1cccc3[nH]ccc13)C21CCC2(CC1)OCCO2. The van der Waals surface area contributed by atoms with E-state index in [1.165, 1.54) is 42.1 Å². The monoisotopic (exact) mass is 387 g/mol. The van der Waals surface area contributed by atoms with Gasteiger partial charge in [0.25, 0.3) is 0 Å². The van der Waals surface area contributed by atoms with E-state index in [-0.39, 0.29) is 5.79 Å². The molecule has 2 spiro atoms. The summed E-state index contributed by atoms with van der Waals surface area (Å²) in [6.45, 7) is 1.52. The number of aryl methyl sites for hydroxylation is 1. The Kier molecular flexibility index (Phi) is 4.11. The molecule has 6 rings (SSSR count). The van der Waals surface area contributed by atoms with Gasteiger partial charge in [0, 0.05) is 29.9 Å². The number of fused-ring (bicyclic) bond motifs is 3. The molecular weight excluding hydrogens is 358 g/mol. The molecular formula is C26H29NO2. The maximum atomic E-state index is 6.05.